The van der Waals surface area contributed by atoms with E-state index in [2.05, 4.69) is 11.8 Å². The number of Topliss-reactive ketones (excluding diaryl/α,β-unsaturated/α-hetero) is 1. The van der Waals surface area contributed by atoms with E-state index in [0.717, 1.165) is 0 Å². The first-order chi connectivity index (χ1) is 6.81. The van der Waals surface area contributed by atoms with Gasteiger partial charge in [-0.3, -0.25) is 4.79 Å². The molecule has 0 atom stereocenters. The van der Waals surface area contributed by atoms with Gasteiger partial charge in [-0.25, -0.2) is 0 Å². The van der Waals surface area contributed by atoms with Crippen LogP contribution in [0.25, 0.3) is 0 Å². The minimum atomic E-state index is -0.203. The van der Waals surface area contributed by atoms with Crippen LogP contribution in [0.3, 0.4) is 0 Å². The molecule has 1 aromatic carbocycles. The van der Waals surface area contributed by atoms with Gasteiger partial charge < -0.3 is 9.47 Å². The largest absolute Gasteiger partial charge is 0.454 e. The average molecular weight is 188 g/mol. The van der Waals surface area contributed by atoms with E-state index >= 15 is 0 Å². The lowest BCUT2D eigenvalue weighted by molar-refractivity contribution is 0.105. The first-order valence-corrected chi connectivity index (χ1v) is 4.18. The van der Waals surface area contributed by atoms with E-state index in [0.29, 0.717) is 17.1 Å². The van der Waals surface area contributed by atoms with Gasteiger partial charge in [-0.2, -0.15) is 0 Å². The summed E-state index contributed by atoms with van der Waals surface area (Å²) in [5.41, 5.74) is 0.531. The van der Waals surface area contributed by atoms with Crippen molar-refractivity contribution in [2.24, 2.45) is 0 Å². The van der Waals surface area contributed by atoms with Crippen molar-refractivity contribution in [1.82, 2.24) is 0 Å². The smallest absolute Gasteiger partial charge is 0.236 e. The molecule has 70 valence electrons. The summed E-state index contributed by atoms with van der Waals surface area (Å²) in [5.74, 6) is 6.10. The molecule has 2 rings (SSSR count). The molecule has 3 nitrogen and oxygen atoms in total. The van der Waals surface area contributed by atoms with Gasteiger partial charge >= 0.3 is 0 Å². The van der Waals surface area contributed by atoms with Crippen LogP contribution in [0, 0.1) is 11.8 Å². The minimum Gasteiger partial charge on any atom is -0.454 e. The van der Waals surface area contributed by atoms with Crippen LogP contribution in [-0.2, 0) is 0 Å². The van der Waals surface area contributed by atoms with Crippen LogP contribution >= 0.6 is 0 Å². The summed E-state index contributed by atoms with van der Waals surface area (Å²) in [7, 11) is 0. The number of carbonyl (C=O) groups is 1. The lowest BCUT2D eigenvalue weighted by atomic mass is 10.1. The Morgan fingerprint density at radius 1 is 1.36 bits per heavy atom. The molecule has 3 heteroatoms. The molecule has 0 aliphatic carbocycles. The Morgan fingerprint density at radius 2 is 2.14 bits per heavy atom. The van der Waals surface area contributed by atoms with Crippen molar-refractivity contribution < 1.29 is 14.3 Å². The predicted octanol–water partition coefficient (Wildman–Crippen LogP) is 1.62. The van der Waals surface area contributed by atoms with Crippen LogP contribution in [-0.4, -0.2) is 12.6 Å². The van der Waals surface area contributed by atoms with Crippen LogP contribution in [0.1, 0.15) is 17.3 Å². The molecular weight excluding hydrogens is 180 g/mol. The number of hydrogen-bond acceptors (Lipinski definition) is 3. The highest BCUT2D eigenvalue weighted by Crippen LogP contribution is 2.32. The fraction of sp³-hybridized carbons (Fsp3) is 0.182. The van der Waals surface area contributed by atoms with E-state index in [1.54, 1.807) is 25.1 Å². The van der Waals surface area contributed by atoms with E-state index < -0.39 is 0 Å². The highest BCUT2D eigenvalue weighted by molar-refractivity contribution is 6.09. The van der Waals surface area contributed by atoms with E-state index in [4.69, 9.17) is 9.47 Å². The molecule has 14 heavy (non-hydrogen) atoms. The monoisotopic (exact) mass is 188 g/mol. The Kier molecular flexibility index (Phi) is 2.11. The van der Waals surface area contributed by atoms with E-state index in [1.807, 2.05) is 0 Å². The van der Waals surface area contributed by atoms with E-state index in [9.17, 15) is 4.79 Å². The van der Waals surface area contributed by atoms with Crippen molar-refractivity contribution >= 4 is 5.78 Å². The third kappa shape index (κ3) is 1.42. The summed E-state index contributed by atoms with van der Waals surface area (Å²) in [6.45, 7) is 1.84. The zero-order valence-electron chi connectivity index (χ0n) is 7.66. The molecule has 0 fully saturated rings. The predicted molar refractivity (Wildman–Crippen MR) is 50.3 cm³/mol. The maximum atomic E-state index is 11.4. The highest BCUT2D eigenvalue weighted by Gasteiger charge is 2.14. The van der Waals surface area contributed by atoms with E-state index in [-0.39, 0.29) is 12.6 Å². The quantitative estimate of drug-likeness (QED) is 0.381. The summed E-state index contributed by atoms with van der Waals surface area (Å²) in [6.07, 6.45) is 0. The summed E-state index contributed by atoms with van der Waals surface area (Å²) >= 11 is 0. The van der Waals surface area contributed by atoms with Crippen LogP contribution in [0.5, 0.6) is 11.5 Å². The first-order valence-electron chi connectivity index (χ1n) is 4.18. The second-order valence-electron chi connectivity index (χ2n) is 2.77. The van der Waals surface area contributed by atoms with Crippen molar-refractivity contribution in [3.05, 3.63) is 23.8 Å². The number of hydrogen-bond donors (Lipinski definition) is 0. The minimum absolute atomic E-state index is 0.203. The van der Waals surface area contributed by atoms with Crippen LogP contribution in [0.2, 0.25) is 0 Å². The molecule has 0 spiro atoms. The van der Waals surface area contributed by atoms with Crippen LogP contribution in [0.15, 0.2) is 18.2 Å². The molecule has 1 aliphatic heterocycles. The number of rotatable bonds is 1. The molecule has 1 aromatic rings. The third-order valence-corrected chi connectivity index (χ3v) is 1.87. The third-order valence-electron chi connectivity index (χ3n) is 1.87. The maximum Gasteiger partial charge on any atom is 0.236 e. The van der Waals surface area contributed by atoms with Gasteiger partial charge in [0.2, 0.25) is 12.6 Å². The fourth-order valence-corrected chi connectivity index (χ4v) is 1.22. The Balaban J connectivity index is 2.36. The van der Waals surface area contributed by atoms with Crippen molar-refractivity contribution in [2.75, 3.05) is 6.79 Å². The zero-order chi connectivity index (χ0) is 9.97. The van der Waals surface area contributed by atoms with Gasteiger partial charge in [-0.15, -0.1) is 0 Å². The Hall–Kier alpha value is -1.95. The normalized spacial score (nSPS) is 11.8. The first kappa shape index (κ1) is 8.64. The molecule has 0 saturated heterocycles. The summed E-state index contributed by atoms with van der Waals surface area (Å²) in [4.78, 5) is 11.4. The lowest BCUT2D eigenvalue weighted by Crippen LogP contribution is -1.94. The number of ether oxygens (including phenoxy) is 2. The molecule has 0 N–H and O–H groups in total. The molecule has 1 heterocycles. The van der Waals surface area contributed by atoms with Gasteiger partial charge in [0, 0.05) is 5.56 Å². The van der Waals surface area contributed by atoms with Crippen molar-refractivity contribution in [3.8, 4) is 23.3 Å². The summed E-state index contributed by atoms with van der Waals surface area (Å²) in [6, 6.07) is 5.04. The molecule has 0 saturated carbocycles. The molecule has 0 aromatic heterocycles. The van der Waals surface area contributed by atoms with Gasteiger partial charge in [-0.1, -0.05) is 5.92 Å². The Bertz CT molecular complexity index is 438. The second kappa shape index (κ2) is 3.43. The molecule has 0 radical (unpaired) electrons. The van der Waals surface area contributed by atoms with E-state index in [1.165, 1.54) is 0 Å². The van der Waals surface area contributed by atoms with Crippen molar-refractivity contribution in [3.63, 3.8) is 0 Å². The molecule has 0 unspecified atom stereocenters. The standard InChI is InChI=1S/C11H8O3/c1-2-3-9(12)8-4-5-10-11(6-8)14-7-13-10/h4-6H,7H2,1H3. The van der Waals surface area contributed by atoms with Gasteiger partial charge in [0.15, 0.2) is 11.5 Å². The highest BCUT2D eigenvalue weighted by atomic mass is 16.7. The molecular formula is C11H8O3. The van der Waals surface area contributed by atoms with Crippen molar-refractivity contribution in [2.45, 2.75) is 6.92 Å². The number of ketones is 1. The summed E-state index contributed by atoms with van der Waals surface area (Å²) < 4.78 is 10.3. The molecule has 1 aliphatic rings. The average Bonchev–Trinajstić information content (AvgIpc) is 2.64. The zero-order valence-corrected chi connectivity index (χ0v) is 7.66. The van der Waals surface area contributed by atoms with Gasteiger partial charge in [0.1, 0.15) is 0 Å². The second-order valence-corrected chi connectivity index (χ2v) is 2.77. The van der Waals surface area contributed by atoms with Crippen LogP contribution in [0.4, 0.5) is 0 Å². The maximum absolute atomic E-state index is 11.4. The molecule has 0 amide bonds. The topological polar surface area (TPSA) is 35.5 Å². The SMILES string of the molecule is CC#CC(=O)c1ccc2c(c1)OCO2. The number of carbonyl (C=O) groups excluding carboxylic acids is 1. The van der Waals surface area contributed by atoms with Gasteiger partial charge in [0.25, 0.3) is 0 Å². The van der Waals surface area contributed by atoms with Crippen molar-refractivity contribution in [1.29, 1.82) is 0 Å². The van der Waals surface area contributed by atoms with Crippen LogP contribution < -0.4 is 9.47 Å². The Morgan fingerprint density at radius 3 is 2.93 bits per heavy atom. The summed E-state index contributed by atoms with van der Waals surface area (Å²) in [5, 5.41) is 0. The Labute approximate surface area is 81.6 Å². The van der Waals surface area contributed by atoms with Gasteiger partial charge in [0.05, 0.1) is 0 Å². The fourth-order valence-electron chi connectivity index (χ4n) is 1.22. The lowest BCUT2D eigenvalue weighted by Gasteiger charge is -1.97. The number of benzene rings is 1. The number of fused-ring (bicyclic) bond motifs is 1. The van der Waals surface area contributed by atoms with Gasteiger partial charge in [-0.05, 0) is 31.0 Å². The molecule has 0 bridgehead atoms.